The first-order valence-corrected chi connectivity index (χ1v) is 12.3. The van der Waals surface area contributed by atoms with Gasteiger partial charge in [-0.15, -0.1) is 11.3 Å². The highest BCUT2D eigenvalue weighted by Crippen LogP contribution is 2.44. The summed E-state index contributed by atoms with van der Waals surface area (Å²) in [4.78, 5) is 6.17. The number of nitrogens with zero attached hydrogens (tertiary/aromatic N) is 3. The molecule has 3 nitrogen and oxygen atoms in total. The Balaban J connectivity index is 1.66. The van der Waals surface area contributed by atoms with E-state index in [9.17, 15) is 5.26 Å². The van der Waals surface area contributed by atoms with E-state index in [4.69, 9.17) is 4.99 Å². The second-order valence-electron chi connectivity index (χ2n) is 9.50. The summed E-state index contributed by atoms with van der Waals surface area (Å²) in [5, 5.41) is 10.7. The van der Waals surface area contributed by atoms with Crippen molar-refractivity contribution in [3.63, 3.8) is 0 Å². The number of thiophene rings is 1. The quantitative estimate of drug-likeness (QED) is 0.344. The lowest BCUT2D eigenvalue weighted by molar-refractivity contribution is 0.218. The number of benzene rings is 1. The molecule has 1 aromatic carbocycles. The van der Waals surface area contributed by atoms with Gasteiger partial charge in [0.1, 0.15) is 11.1 Å². The molecular weight excluding hydrogens is 466 g/mol. The molecule has 0 fully saturated rings. The largest absolute Gasteiger partial charge is 0.318 e. The van der Waals surface area contributed by atoms with E-state index < -0.39 is 0 Å². The van der Waals surface area contributed by atoms with Crippen molar-refractivity contribution in [2.24, 2.45) is 16.3 Å². The molecule has 0 saturated heterocycles. The minimum atomic E-state index is 0.294. The molecule has 0 saturated carbocycles. The fraction of sp³-hybridized carbons (Fsp3) is 0.385. The second kappa shape index (κ2) is 8.41. The van der Waals surface area contributed by atoms with E-state index >= 15 is 0 Å². The summed E-state index contributed by atoms with van der Waals surface area (Å²) in [6, 6.07) is 12.9. The molecule has 2 aromatic heterocycles. The third-order valence-electron chi connectivity index (χ3n) is 6.46. The number of aliphatic imine (C=N–C) groups is 1. The Morgan fingerprint density at radius 2 is 1.94 bits per heavy atom. The van der Waals surface area contributed by atoms with Crippen LogP contribution in [0.2, 0.25) is 0 Å². The third kappa shape index (κ3) is 4.29. The van der Waals surface area contributed by atoms with Gasteiger partial charge in [0, 0.05) is 38.2 Å². The topological polar surface area (TPSA) is 41.1 Å². The van der Waals surface area contributed by atoms with Crippen LogP contribution in [0, 0.1) is 36.5 Å². The van der Waals surface area contributed by atoms with E-state index in [0.717, 1.165) is 51.2 Å². The molecule has 0 bridgehead atoms. The molecule has 31 heavy (non-hydrogen) atoms. The summed E-state index contributed by atoms with van der Waals surface area (Å²) in [5.41, 5.74) is 6.85. The molecular formula is C26H28BrN3S. The number of rotatable bonds is 3. The van der Waals surface area contributed by atoms with Crippen molar-refractivity contribution in [1.29, 1.82) is 5.26 Å². The first-order chi connectivity index (χ1) is 14.7. The van der Waals surface area contributed by atoms with Gasteiger partial charge in [-0.05, 0) is 80.3 Å². The van der Waals surface area contributed by atoms with E-state index in [1.165, 1.54) is 16.1 Å². The number of nitriles is 1. The first-order valence-electron chi connectivity index (χ1n) is 10.7. The molecule has 1 aliphatic rings. The first kappa shape index (κ1) is 22.0. The second-order valence-corrected chi connectivity index (χ2v) is 11.5. The number of hydrogen-bond acceptors (Lipinski definition) is 3. The van der Waals surface area contributed by atoms with Gasteiger partial charge in [-0.2, -0.15) is 5.26 Å². The molecule has 0 unspecified atom stereocenters. The average molecular weight is 495 g/mol. The van der Waals surface area contributed by atoms with Crippen LogP contribution in [0.4, 0.5) is 5.00 Å². The molecule has 0 aliphatic heterocycles. The minimum Gasteiger partial charge on any atom is -0.318 e. The third-order valence-corrected chi connectivity index (χ3v) is 8.15. The summed E-state index contributed by atoms with van der Waals surface area (Å²) in [6.07, 6.45) is 5.13. The van der Waals surface area contributed by atoms with Crippen molar-refractivity contribution >= 4 is 38.5 Å². The zero-order chi connectivity index (χ0) is 22.3. The van der Waals surface area contributed by atoms with E-state index in [-0.39, 0.29) is 0 Å². The van der Waals surface area contributed by atoms with E-state index in [0.29, 0.717) is 11.3 Å². The van der Waals surface area contributed by atoms with Crippen LogP contribution in [0.25, 0.3) is 5.69 Å². The van der Waals surface area contributed by atoms with Crippen LogP contribution in [-0.4, -0.2) is 10.8 Å². The van der Waals surface area contributed by atoms with E-state index in [2.05, 4.69) is 91.5 Å². The molecule has 160 valence electrons. The summed E-state index contributed by atoms with van der Waals surface area (Å²) in [6.45, 7) is 11.2. The van der Waals surface area contributed by atoms with Crippen LogP contribution < -0.4 is 0 Å². The van der Waals surface area contributed by atoms with Gasteiger partial charge in [-0.25, -0.2) is 4.99 Å². The Labute approximate surface area is 197 Å². The van der Waals surface area contributed by atoms with E-state index in [1.807, 2.05) is 6.21 Å². The Hall–Kier alpha value is -2.16. The number of aromatic nitrogens is 1. The molecule has 0 N–H and O–H groups in total. The van der Waals surface area contributed by atoms with Crippen LogP contribution in [-0.2, 0) is 12.8 Å². The highest BCUT2D eigenvalue weighted by molar-refractivity contribution is 9.10. The number of fused-ring (bicyclic) bond motifs is 1. The molecule has 4 rings (SSSR count). The number of aryl methyl sites for hydroxylation is 1. The van der Waals surface area contributed by atoms with Crippen molar-refractivity contribution in [2.45, 2.75) is 53.9 Å². The maximum absolute atomic E-state index is 9.83. The standard InChI is InChI=1S/C26H28BrN3S/c1-16-12-18(17(2)30(16)21-9-7-20(27)8-10-21)15-29-25-23(14-28)22-11-6-19(26(3,4)5)13-24(22)31-25/h7-10,12,15,19H,6,11,13H2,1-5H3/t19-/m0/s1. The van der Waals surface area contributed by atoms with Gasteiger partial charge in [0.25, 0.3) is 0 Å². The van der Waals surface area contributed by atoms with Crippen LogP contribution in [0.1, 0.15) is 60.1 Å². The Bertz CT molecular complexity index is 1180. The number of halogens is 1. The lowest BCUT2D eigenvalue weighted by atomic mass is 9.72. The van der Waals surface area contributed by atoms with Gasteiger partial charge < -0.3 is 4.57 Å². The average Bonchev–Trinajstić information content (AvgIpc) is 3.22. The van der Waals surface area contributed by atoms with Crippen molar-refractivity contribution in [3.05, 3.63) is 67.8 Å². The molecule has 5 heteroatoms. The lowest BCUT2D eigenvalue weighted by Gasteiger charge is -2.33. The SMILES string of the molecule is Cc1cc(C=Nc2sc3c(c2C#N)CC[C@H](C(C)(C)C)C3)c(C)n1-c1ccc(Br)cc1. The van der Waals surface area contributed by atoms with Crippen LogP contribution in [0.3, 0.4) is 0 Å². The van der Waals surface area contributed by atoms with Gasteiger partial charge in [0.15, 0.2) is 0 Å². The normalized spacial score (nSPS) is 16.5. The van der Waals surface area contributed by atoms with Gasteiger partial charge in [-0.3, -0.25) is 0 Å². The highest BCUT2D eigenvalue weighted by Gasteiger charge is 2.32. The molecule has 2 heterocycles. The summed E-state index contributed by atoms with van der Waals surface area (Å²) < 4.78 is 3.31. The fourth-order valence-electron chi connectivity index (χ4n) is 4.55. The smallest absolute Gasteiger partial charge is 0.134 e. The molecule has 1 aliphatic carbocycles. The van der Waals surface area contributed by atoms with Gasteiger partial charge in [0.05, 0.1) is 5.56 Å². The Morgan fingerprint density at radius 1 is 1.23 bits per heavy atom. The minimum absolute atomic E-state index is 0.294. The fourth-order valence-corrected chi connectivity index (χ4v) is 6.04. The molecule has 0 spiro atoms. The zero-order valence-corrected chi connectivity index (χ0v) is 21.2. The summed E-state index contributed by atoms with van der Waals surface area (Å²) >= 11 is 5.22. The Kier molecular flexibility index (Phi) is 5.98. The maximum Gasteiger partial charge on any atom is 0.134 e. The van der Waals surface area contributed by atoms with Crippen LogP contribution in [0.5, 0.6) is 0 Å². The summed E-state index contributed by atoms with van der Waals surface area (Å²) in [7, 11) is 0. The van der Waals surface area contributed by atoms with Crippen molar-refractivity contribution in [1.82, 2.24) is 4.57 Å². The molecule has 3 aromatic rings. The number of hydrogen-bond donors (Lipinski definition) is 0. The van der Waals surface area contributed by atoms with Gasteiger partial charge >= 0.3 is 0 Å². The lowest BCUT2D eigenvalue weighted by Crippen LogP contribution is -2.26. The van der Waals surface area contributed by atoms with Crippen molar-refractivity contribution in [3.8, 4) is 11.8 Å². The predicted molar refractivity (Wildman–Crippen MR) is 134 cm³/mol. The highest BCUT2D eigenvalue weighted by atomic mass is 79.9. The van der Waals surface area contributed by atoms with Crippen LogP contribution >= 0.6 is 27.3 Å². The van der Waals surface area contributed by atoms with Crippen LogP contribution in [0.15, 0.2) is 39.8 Å². The molecule has 1 atom stereocenters. The molecule has 0 amide bonds. The molecule has 0 radical (unpaired) electrons. The predicted octanol–water partition coefficient (Wildman–Crippen LogP) is 7.69. The maximum atomic E-state index is 9.83. The van der Waals surface area contributed by atoms with E-state index in [1.54, 1.807) is 11.3 Å². The van der Waals surface area contributed by atoms with Gasteiger partial charge in [-0.1, -0.05) is 36.7 Å². The summed E-state index contributed by atoms with van der Waals surface area (Å²) in [5.74, 6) is 0.659. The van der Waals surface area contributed by atoms with Gasteiger partial charge in [0.2, 0.25) is 0 Å². The van der Waals surface area contributed by atoms with Crippen molar-refractivity contribution < 1.29 is 0 Å². The zero-order valence-electron chi connectivity index (χ0n) is 18.8. The monoisotopic (exact) mass is 493 g/mol. The Morgan fingerprint density at radius 3 is 2.58 bits per heavy atom. The van der Waals surface area contributed by atoms with Crippen molar-refractivity contribution in [2.75, 3.05) is 0 Å².